The van der Waals surface area contributed by atoms with Crippen molar-refractivity contribution in [3.8, 4) is 0 Å². The largest absolute Gasteiger partial charge is 0.350 e. The van der Waals surface area contributed by atoms with Crippen molar-refractivity contribution in [3.63, 3.8) is 0 Å². The average molecular weight is 272 g/mol. The smallest absolute Gasteiger partial charge is 0.241 e. The highest BCUT2D eigenvalue weighted by Crippen LogP contribution is 2.12. The van der Waals surface area contributed by atoms with E-state index in [4.69, 9.17) is 5.73 Å². The lowest BCUT2D eigenvalue weighted by atomic mass is 10.1. The number of hydrogen-bond donors (Lipinski definition) is 2. The Bertz CT molecular complexity index is 596. The van der Waals surface area contributed by atoms with Gasteiger partial charge in [-0.2, -0.15) is 0 Å². The minimum absolute atomic E-state index is 0.130. The Morgan fingerprint density at radius 2 is 1.85 bits per heavy atom. The molecule has 2 rings (SSSR count). The van der Waals surface area contributed by atoms with Crippen LogP contribution in [0.3, 0.4) is 0 Å². The lowest BCUT2D eigenvalue weighted by Gasteiger charge is -2.13. The van der Waals surface area contributed by atoms with Gasteiger partial charge in [0.05, 0.1) is 0 Å². The van der Waals surface area contributed by atoms with Crippen molar-refractivity contribution in [1.29, 1.82) is 0 Å². The first-order chi connectivity index (χ1) is 9.58. The average Bonchev–Trinajstić information content (AvgIpc) is 2.46. The zero-order valence-corrected chi connectivity index (χ0v) is 11.3. The maximum Gasteiger partial charge on any atom is 0.241 e. The molecule has 0 fully saturated rings. The molecule has 0 aliphatic rings. The molecule has 1 unspecified atom stereocenters. The van der Waals surface area contributed by atoms with Crippen LogP contribution in [0.5, 0.6) is 0 Å². The predicted octanol–water partition coefficient (Wildman–Crippen LogP) is 2.45. The Hall–Kier alpha value is -2.20. The van der Waals surface area contributed by atoms with Crippen LogP contribution in [-0.2, 0) is 11.3 Å². The molecule has 4 heteroatoms. The minimum atomic E-state index is -0.748. The fourth-order valence-electron chi connectivity index (χ4n) is 1.86. The molecule has 3 N–H and O–H groups in total. The van der Waals surface area contributed by atoms with Gasteiger partial charge in [-0.3, -0.25) is 4.79 Å². The van der Waals surface area contributed by atoms with Gasteiger partial charge >= 0.3 is 0 Å². The van der Waals surface area contributed by atoms with Crippen molar-refractivity contribution in [2.75, 3.05) is 0 Å². The van der Waals surface area contributed by atoms with Crippen LogP contribution in [0.1, 0.15) is 22.7 Å². The van der Waals surface area contributed by atoms with Gasteiger partial charge < -0.3 is 11.1 Å². The van der Waals surface area contributed by atoms with Crippen molar-refractivity contribution in [2.45, 2.75) is 19.5 Å². The summed E-state index contributed by atoms with van der Waals surface area (Å²) in [6.07, 6.45) is 0. The molecule has 0 spiro atoms. The Labute approximate surface area is 117 Å². The van der Waals surface area contributed by atoms with Crippen LogP contribution >= 0.6 is 0 Å². The molecule has 20 heavy (non-hydrogen) atoms. The van der Waals surface area contributed by atoms with Gasteiger partial charge in [0, 0.05) is 12.1 Å². The highest BCUT2D eigenvalue weighted by molar-refractivity contribution is 5.82. The Kier molecular flexibility index (Phi) is 4.48. The maximum atomic E-state index is 13.4. The highest BCUT2D eigenvalue weighted by Gasteiger charge is 2.15. The number of nitrogens with one attached hydrogen (secondary N) is 1. The molecule has 0 aliphatic heterocycles. The van der Waals surface area contributed by atoms with Crippen LogP contribution in [0.2, 0.25) is 0 Å². The van der Waals surface area contributed by atoms with Crippen molar-refractivity contribution < 1.29 is 9.18 Å². The van der Waals surface area contributed by atoms with Gasteiger partial charge in [-0.05, 0) is 18.6 Å². The second-order valence-corrected chi connectivity index (χ2v) is 4.70. The van der Waals surface area contributed by atoms with Crippen LogP contribution in [0.15, 0.2) is 48.5 Å². The molecular weight excluding hydrogens is 255 g/mol. The van der Waals surface area contributed by atoms with E-state index in [-0.39, 0.29) is 18.3 Å². The summed E-state index contributed by atoms with van der Waals surface area (Å²) in [6.45, 7) is 2.10. The molecule has 0 heterocycles. The molecule has 2 aromatic carbocycles. The monoisotopic (exact) mass is 272 g/mol. The third kappa shape index (κ3) is 3.42. The molecule has 0 aromatic heterocycles. The maximum absolute atomic E-state index is 13.4. The van der Waals surface area contributed by atoms with E-state index in [1.807, 2.05) is 31.2 Å². The second kappa shape index (κ2) is 6.30. The summed E-state index contributed by atoms with van der Waals surface area (Å²) < 4.78 is 13.4. The number of carbonyl (C=O) groups excluding carboxylic acids is 1. The predicted molar refractivity (Wildman–Crippen MR) is 76.4 cm³/mol. The number of rotatable bonds is 4. The zero-order chi connectivity index (χ0) is 14.5. The Morgan fingerprint density at radius 1 is 1.20 bits per heavy atom. The van der Waals surface area contributed by atoms with Crippen molar-refractivity contribution >= 4 is 5.91 Å². The molecule has 104 valence electrons. The minimum Gasteiger partial charge on any atom is -0.350 e. The standard InChI is InChI=1S/C16H17FN2O/c1-11-6-8-12(9-7-11)15(18)16(20)19-10-13-4-2-3-5-14(13)17/h2-9,15H,10,18H2,1H3,(H,19,20). The SMILES string of the molecule is Cc1ccc(C(N)C(=O)NCc2ccccc2F)cc1. The fraction of sp³-hybridized carbons (Fsp3) is 0.188. The van der Waals surface area contributed by atoms with Crippen LogP contribution in [0.4, 0.5) is 4.39 Å². The van der Waals surface area contributed by atoms with Crippen LogP contribution in [-0.4, -0.2) is 5.91 Å². The van der Waals surface area contributed by atoms with Crippen LogP contribution in [0, 0.1) is 12.7 Å². The van der Waals surface area contributed by atoms with E-state index >= 15 is 0 Å². The van der Waals surface area contributed by atoms with Gasteiger partial charge in [0.25, 0.3) is 0 Å². The lowest BCUT2D eigenvalue weighted by molar-refractivity contribution is -0.122. The molecule has 0 aliphatic carbocycles. The lowest BCUT2D eigenvalue weighted by Crippen LogP contribution is -2.33. The number of halogens is 1. The Morgan fingerprint density at radius 3 is 2.50 bits per heavy atom. The quantitative estimate of drug-likeness (QED) is 0.898. The van der Waals surface area contributed by atoms with E-state index in [0.717, 1.165) is 11.1 Å². The van der Waals surface area contributed by atoms with E-state index in [9.17, 15) is 9.18 Å². The van der Waals surface area contributed by atoms with E-state index in [2.05, 4.69) is 5.32 Å². The molecule has 0 bridgehead atoms. The van der Waals surface area contributed by atoms with Crippen molar-refractivity contribution in [2.24, 2.45) is 5.73 Å². The number of aryl methyl sites for hydroxylation is 1. The van der Waals surface area contributed by atoms with E-state index in [0.29, 0.717) is 5.56 Å². The molecule has 1 amide bonds. The topological polar surface area (TPSA) is 55.1 Å². The molecule has 2 aromatic rings. The summed E-state index contributed by atoms with van der Waals surface area (Å²) in [7, 11) is 0. The van der Waals surface area contributed by atoms with Crippen LogP contribution < -0.4 is 11.1 Å². The number of carbonyl (C=O) groups is 1. The van der Waals surface area contributed by atoms with Crippen molar-refractivity contribution in [3.05, 3.63) is 71.0 Å². The first kappa shape index (κ1) is 14.2. The molecule has 0 saturated heterocycles. The van der Waals surface area contributed by atoms with E-state index < -0.39 is 6.04 Å². The van der Waals surface area contributed by atoms with Gasteiger partial charge in [0.2, 0.25) is 5.91 Å². The molecule has 1 atom stereocenters. The summed E-state index contributed by atoms with van der Waals surface area (Å²) in [5, 5.41) is 2.65. The van der Waals surface area contributed by atoms with Gasteiger partial charge in [0.15, 0.2) is 0 Å². The first-order valence-corrected chi connectivity index (χ1v) is 6.41. The van der Waals surface area contributed by atoms with Gasteiger partial charge in [0.1, 0.15) is 11.9 Å². The summed E-state index contributed by atoms with van der Waals surface area (Å²) in [5.74, 6) is -0.659. The molecule has 0 saturated carbocycles. The number of nitrogens with two attached hydrogens (primary N) is 1. The van der Waals surface area contributed by atoms with Crippen molar-refractivity contribution in [1.82, 2.24) is 5.32 Å². The first-order valence-electron chi connectivity index (χ1n) is 6.41. The normalized spacial score (nSPS) is 11.9. The van der Waals surface area contributed by atoms with E-state index in [1.165, 1.54) is 6.07 Å². The Balaban J connectivity index is 1.98. The summed E-state index contributed by atoms with van der Waals surface area (Å²) in [6, 6.07) is 13.0. The third-order valence-corrected chi connectivity index (χ3v) is 3.13. The summed E-state index contributed by atoms with van der Waals surface area (Å²) in [4.78, 5) is 12.0. The van der Waals surface area contributed by atoms with Crippen LogP contribution in [0.25, 0.3) is 0 Å². The number of amides is 1. The third-order valence-electron chi connectivity index (χ3n) is 3.13. The number of hydrogen-bond acceptors (Lipinski definition) is 2. The fourth-order valence-corrected chi connectivity index (χ4v) is 1.86. The zero-order valence-electron chi connectivity index (χ0n) is 11.3. The molecular formula is C16H17FN2O. The van der Waals surface area contributed by atoms with Gasteiger partial charge in [-0.15, -0.1) is 0 Å². The van der Waals surface area contributed by atoms with Gasteiger partial charge in [-0.1, -0.05) is 48.0 Å². The second-order valence-electron chi connectivity index (χ2n) is 4.70. The summed E-state index contributed by atoms with van der Waals surface area (Å²) >= 11 is 0. The number of benzene rings is 2. The molecule has 3 nitrogen and oxygen atoms in total. The highest BCUT2D eigenvalue weighted by atomic mass is 19.1. The molecule has 0 radical (unpaired) electrons. The summed E-state index contributed by atoms with van der Waals surface area (Å²) in [5.41, 5.74) is 8.17. The van der Waals surface area contributed by atoms with Gasteiger partial charge in [-0.25, -0.2) is 4.39 Å². The van der Waals surface area contributed by atoms with E-state index in [1.54, 1.807) is 18.2 Å².